The van der Waals surface area contributed by atoms with Crippen molar-refractivity contribution in [2.24, 2.45) is 10.8 Å². The predicted molar refractivity (Wildman–Crippen MR) is 122 cm³/mol. The topological polar surface area (TPSA) is 67.3 Å². The number of likely N-dealkylation sites (tertiary alicyclic amines) is 1. The molecule has 0 unspecified atom stereocenters. The fourth-order valence-electron chi connectivity index (χ4n) is 5.80. The van der Waals surface area contributed by atoms with Gasteiger partial charge in [0.25, 0.3) is 5.91 Å². The number of hydrogen-bond donors (Lipinski definition) is 0. The zero-order valence-electron chi connectivity index (χ0n) is 18.5. The largest absolute Gasteiger partial charge is 0.334 e. The summed E-state index contributed by atoms with van der Waals surface area (Å²) in [5.41, 5.74) is 1.59. The molecule has 1 saturated heterocycles. The van der Waals surface area contributed by atoms with Crippen molar-refractivity contribution in [2.75, 3.05) is 6.54 Å². The molecule has 1 aliphatic carbocycles. The molecule has 1 aromatic carbocycles. The van der Waals surface area contributed by atoms with Gasteiger partial charge >= 0.3 is 0 Å². The van der Waals surface area contributed by atoms with Gasteiger partial charge in [0.15, 0.2) is 9.84 Å². The number of fused-ring (bicyclic) bond motifs is 2. The van der Waals surface area contributed by atoms with Crippen LogP contribution in [0.25, 0.3) is 0 Å². The summed E-state index contributed by atoms with van der Waals surface area (Å²) in [4.78, 5) is 19.9. The van der Waals surface area contributed by atoms with Crippen LogP contribution in [0, 0.1) is 17.8 Å². The average Bonchev–Trinajstić information content (AvgIpc) is 2.89. The fraction of sp³-hybridized carbons (Fsp3) is 0.500. The van der Waals surface area contributed by atoms with E-state index in [4.69, 9.17) is 11.6 Å². The molecule has 2 fully saturated rings. The first kappa shape index (κ1) is 22.3. The van der Waals surface area contributed by atoms with E-state index in [1.54, 1.807) is 43.3 Å². The van der Waals surface area contributed by atoms with Gasteiger partial charge in [-0.3, -0.25) is 4.79 Å². The third-order valence-electron chi connectivity index (χ3n) is 6.51. The van der Waals surface area contributed by atoms with Crippen molar-refractivity contribution >= 4 is 27.3 Å². The Morgan fingerprint density at radius 1 is 1.16 bits per heavy atom. The van der Waals surface area contributed by atoms with Gasteiger partial charge in [0.1, 0.15) is 5.69 Å². The Kier molecular flexibility index (Phi) is 5.46. The van der Waals surface area contributed by atoms with Crippen molar-refractivity contribution in [3.05, 3.63) is 58.4 Å². The predicted octanol–water partition coefficient (Wildman–Crippen LogP) is 5.06. The number of benzene rings is 1. The molecule has 0 radical (unpaired) electrons. The van der Waals surface area contributed by atoms with Crippen LogP contribution in [-0.4, -0.2) is 36.8 Å². The number of aryl methyl sites for hydroxylation is 1. The lowest BCUT2D eigenvalue weighted by atomic mass is 9.65. The van der Waals surface area contributed by atoms with Crippen molar-refractivity contribution in [2.45, 2.75) is 63.6 Å². The first-order chi connectivity index (χ1) is 14.4. The third-order valence-corrected chi connectivity index (χ3v) is 8.78. The maximum absolute atomic E-state index is 13.3. The van der Waals surface area contributed by atoms with Crippen LogP contribution in [0.3, 0.4) is 0 Å². The molecule has 1 saturated carbocycles. The second kappa shape index (κ2) is 7.59. The number of sulfone groups is 1. The normalized spacial score (nSPS) is 24.9. The second-order valence-corrected chi connectivity index (χ2v) is 12.6. The number of carbonyl (C=O) groups is 1. The van der Waals surface area contributed by atoms with Crippen LogP contribution in [0.4, 0.5) is 0 Å². The lowest BCUT2D eigenvalue weighted by Crippen LogP contribution is -2.38. The molecule has 0 spiro atoms. The number of carbonyl (C=O) groups excluding carboxylic acids is 1. The minimum absolute atomic E-state index is 0.111. The monoisotopic (exact) mass is 460 g/mol. The van der Waals surface area contributed by atoms with Crippen molar-refractivity contribution < 1.29 is 13.2 Å². The van der Waals surface area contributed by atoms with E-state index in [2.05, 4.69) is 25.8 Å². The van der Waals surface area contributed by atoms with Crippen LogP contribution >= 0.6 is 11.6 Å². The summed E-state index contributed by atoms with van der Waals surface area (Å²) in [6.45, 7) is 9.25. The van der Waals surface area contributed by atoms with Gasteiger partial charge < -0.3 is 4.90 Å². The summed E-state index contributed by atoms with van der Waals surface area (Å²) >= 11 is 6.18. The smallest absolute Gasteiger partial charge is 0.272 e. The third kappa shape index (κ3) is 4.37. The van der Waals surface area contributed by atoms with E-state index in [-0.39, 0.29) is 38.4 Å². The number of halogens is 1. The highest BCUT2D eigenvalue weighted by molar-refractivity contribution is 7.90. The molecule has 166 valence electrons. The number of amides is 1. The molecule has 2 heterocycles. The Labute approximate surface area is 189 Å². The molecule has 1 amide bonds. The first-order valence-corrected chi connectivity index (χ1v) is 12.7. The van der Waals surface area contributed by atoms with Crippen LogP contribution in [-0.2, 0) is 15.6 Å². The maximum Gasteiger partial charge on any atom is 0.272 e. The summed E-state index contributed by atoms with van der Waals surface area (Å²) in [6, 6.07) is 10.3. The standard InChI is InChI=1S/C24H29ClN2O3S/c1-16-7-5-9-19(25)21(16)31(29,30)13-17-8-6-10-20(26-17)22(28)27-15-24(4)12-18(27)11-23(2,3)14-24/h5-10,18H,11-15H2,1-4H3/t18-,24-/m1/s1. The number of rotatable bonds is 4. The molecule has 1 aliphatic heterocycles. The molecular weight excluding hydrogens is 432 g/mol. The van der Waals surface area contributed by atoms with Gasteiger partial charge in [-0.1, -0.05) is 50.6 Å². The lowest BCUT2D eigenvalue weighted by Gasteiger charge is -2.39. The minimum atomic E-state index is -3.69. The summed E-state index contributed by atoms with van der Waals surface area (Å²) < 4.78 is 26.0. The van der Waals surface area contributed by atoms with E-state index in [1.807, 2.05) is 4.90 Å². The van der Waals surface area contributed by atoms with Gasteiger partial charge in [0.2, 0.25) is 0 Å². The Hall–Kier alpha value is -1.92. The average molecular weight is 461 g/mol. The van der Waals surface area contributed by atoms with Crippen LogP contribution in [0.5, 0.6) is 0 Å². The SMILES string of the molecule is Cc1cccc(Cl)c1S(=O)(=O)Cc1cccc(C(=O)N2C[C@]3(C)C[C@H]2CC(C)(C)C3)n1. The van der Waals surface area contributed by atoms with E-state index in [0.717, 1.165) is 25.8 Å². The zero-order valence-corrected chi connectivity index (χ0v) is 20.1. The number of nitrogens with zero attached hydrogens (tertiary/aromatic N) is 2. The second-order valence-electron chi connectivity index (χ2n) is 10.3. The molecule has 2 bridgehead atoms. The summed E-state index contributed by atoms with van der Waals surface area (Å²) in [6.07, 6.45) is 3.10. The first-order valence-electron chi connectivity index (χ1n) is 10.6. The molecule has 2 atom stereocenters. The van der Waals surface area contributed by atoms with Gasteiger partial charge in [0.05, 0.1) is 21.4 Å². The van der Waals surface area contributed by atoms with Crippen molar-refractivity contribution in [3.63, 3.8) is 0 Å². The molecule has 4 rings (SSSR count). The number of pyridine rings is 1. The van der Waals surface area contributed by atoms with Crippen LogP contribution in [0.2, 0.25) is 5.02 Å². The summed E-state index contributed by atoms with van der Waals surface area (Å²) in [5, 5.41) is 0.201. The van der Waals surface area contributed by atoms with Crippen LogP contribution < -0.4 is 0 Å². The van der Waals surface area contributed by atoms with E-state index in [9.17, 15) is 13.2 Å². The van der Waals surface area contributed by atoms with E-state index < -0.39 is 9.84 Å². The molecule has 2 aliphatic rings. The quantitative estimate of drug-likeness (QED) is 0.639. The Balaban J connectivity index is 1.59. The zero-order chi connectivity index (χ0) is 22.6. The Bertz CT molecular complexity index is 1130. The van der Waals surface area contributed by atoms with E-state index in [0.29, 0.717) is 17.0 Å². The molecular formula is C24H29ClN2O3S. The number of hydrogen-bond acceptors (Lipinski definition) is 4. The van der Waals surface area contributed by atoms with Crippen molar-refractivity contribution in [1.82, 2.24) is 9.88 Å². The lowest BCUT2D eigenvalue weighted by molar-refractivity contribution is 0.0702. The highest BCUT2D eigenvalue weighted by Crippen LogP contribution is 2.52. The molecule has 5 nitrogen and oxygen atoms in total. The van der Waals surface area contributed by atoms with Crippen LogP contribution in [0.1, 0.15) is 61.8 Å². The van der Waals surface area contributed by atoms with Gasteiger partial charge in [-0.2, -0.15) is 0 Å². The molecule has 1 aromatic heterocycles. The van der Waals surface area contributed by atoms with E-state index >= 15 is 0 Å². The molecule has 31 heavy (non-hydrogen) atoms. The van der Waals surface area contributed by atoms with Crippen molar-refractivity contribution in [3.8, 4) is 0 Å². The molecule has 0 N–H and O–H groups in total. The van der Waals surface area contributed by atoms with Gasteiger partial charge in [0, 0.05) is 12.6 Å². The Morgan fingerprint density at radius 2 is 1.87 bits per heavy atom. The van der Waals surface area contributed by atoms with Crippen molar-refractivity contribution in [1.29, 1.82) is 0 Å². The molecule has 7 heteroatoms. The number of aromatic nitrogens is 1. The van der Waals surface area contributed by atoms with Gasteiger partial charge in [-0.15, -0.1) is 0 Å². The Morgan fingerprint density at radius 3 is 2.58 bits per heavy atom. The summed E-state index contributed by atoms with van der Waals surface area (Å²) in [7, 11) is -3.69. The maximum atomic E-state index is 13.3. The highest BCUT2D eigenvalue weighted by Gasteiger charge is 2.51. The minimum Gasteiger partial charge on any atom is -0.334 e. The van der Waals surface area contributed by atoms with Crippen LogP contribution in [0.15, 0.2) is 41.3 Å². The van der Waals surface area contributed by atoms with Gasteiger partial charge in [-0.05, 0) is 60.8 Å². The van der Waals surface area contributed by atoms with Gasteiger partial charge in [-0.25, -0.2) is 13.4 Å². The van der Waals surface area contributed by atoms with E-state index in [1.165, 1.54) is 0 Å². The fourth-order valence-corrected chi connectivity index (χ4v) is 7.99. The highest BCUT2D eigenvalue weighted by atomic mass is 35.5. The molecule has 2 aromatic rings. The summed E-state index contributed by atoms with van der Waals surface area (Å²) in [5.74, 6) is -0.410.